The fraction of sp³-hybridized carbons (Fsp3) is 0.290. The van der Waals surface area contributed by atoms with Gasteiger partial charge < -0.3 is 14.2 Å². The van der Waals surface area contributed by atoms with Gasteiger partial charge in [0.05, 0.1) is 11.4 Å². The van der Waals surface area contributed by atoms with Crippen LogP contribution < -0.4 is 14.2 Å². The fourth-order valence-corrected chi connectivity index (χ4v) is 5.10. The van der Waals surface area contributed by atoms with E-state index in [1.807, 2.05) is 61.5 Å². The molecule has 0 spiro atoms. The van der Waals surface area contributed by atoms with Crippen LogP contribution in [-0.2, 0) is 10.2 Å². The number of ether oxygens (including phenoxy) is 3. The van der Waals surface area contributed by atoms with Crippen molar-refractivity contribution in [2.45, 2.75) is 33.1 Å². The van der Waals surface area contributed by atoms with E-state index in [-0.39, 0.29) is 29.7 Å². The molecule has 8 heteroatoms. The van der Waals surface area contributed by atoms with Crippen LogP contribution >= 0.6 is 27.7 Å². The predicted octanol–water partition coefficient (Wildman–Crippen LogP) is 7.63. The molecule has 1 fully saturated rings. The molecule has 1 heterocycles. The van der Waals surface area contributed by atoms with Crippen LogP contribution in [0.1, 0.15) is 37.5 Å². The number of hydrogen-bond acceptors (Lipinski definition) is 6. The Bertz CT molecular complexity index is 1360. The quantitative estimate of drug-likeness (QED) is 0.174. The molecule has 0 bridgehead atoms. The Morgan fingerprint density at radius 1 is 0.872 bits per heavy atom. The number of imide groups is 1. The van der Waals surface area contributed by atoms with E-state index in [1.165, 1.54) is 10.5 Å². The summed E-state index contributed by atoms with van der Waals surface area (Å²) >= 11 is 4.40. The van der Waals surface area contributed by atoms with Gasteiger partial charge in [-0.15, -0.1) is 0 Å². The molecule has 0 aromatic heterocycles. The first kappa shape index (κ1) is 28.8. The second kappa shape index (κ2) is 12.7. The highest BCUT2D eigenvalue weighted by atomic mass is 79.9. The molecule has 0 unspecified atom stereocenters. The summed E-state index contributed by atoms with van der Waals surface area (Å²) in [6.45, 7) is 9.57. The maximum absolute atomic E-state index is 13.0. The summed E-state index contributed by atoms with van der Waals surface area (Å²) in [5.74, 6) is 1.74. The molecule has 1 aliphatic heterocycles. The van der Waals surface area contributed by atoms with Gasteiger partial charge >= 0.3 is 0 Å². The van der Waals surface area contributed by atoms with Crippen molar-refractivity contribution in [2.75, 3.05) is 26.4 Å². The van der Waals surface area contributed by atoms with Gasteiger partial charge in [-0.3, -0.25) is 14.5 Å². The van der Waals surface area contributed by atoms with Gasteiger partial charge in [0.25, 0.3) is 11.1 Å². The summed E-state index contributed by atoms with van der Waals surface area (Å²) in [6.07, 6.45) is 1.69. The van der Waals surface area contributed by atoms with Gasteiger partial charge in [0.2, 0.25) is 0 Å². The lowest BCUT2D eigenvalue weighted by Crippen LogP contribution is -2.32. The summed E-state index contributed by atoms with van der Waals surface area (Å²) in [4.78, 5) is 27.1. The van der Waals surface area contributed by atoms with Gasteiger partial charge in [-0.2, -0.15) is 0 Å². The van der Waals surface area contributed by atoms with E-state index >= 15 is 0 Å². The van der Waals surface area contributed by atoms with Crippen molar-refractivity contribution < 1.29 is 23.8 Å². The number of carbonyl (C=O) groups is 2. The van der Waals surface area contributed by atoms with Gasteiger partial charge in [-0.25, -0.2) is 0 Å². The number of carbonyl (C=O) groups excluding carboxylic acids is 2. The SMILES string of the molecule is Cc1cccc(OCCN2C(=O)S/C(=C\c3ccc(Br)cc3OCCOc3ccc(C(C)(C)C)cc3)C2=O)c1. The molecule has 39 heavy (non-hydrogen) atoms. The zero-order chi connectivity index (χ0) is 28.0. The van der Waals surface area contributed by atoms with Crippen LogP contribution in [0, 0.1) is 6.92 Å². The maximum atomic E-state index is 13.0. The summed E-state index contributed by atoms with van der Waals surface area (Å²) in [7, 11) is 0. The number of hydrogen-bond donors (Lipinski definition) is 0. The molecule has 0 aliphatic carbocycles. The molecule has 0 N–H and O–H groups in total. The van der Waals surface area contributed by atoms with Crippen LogP contribution in [-0.4, -0.2) is 42.4 Å². The van der Waals surface area contributed by atoms with E-state index in [0.717, 1.165) is 27.5 Å². The molecule has 3 aromatic rings. The molecule has 1 saturated heterocycles. The Balaban J connectivity index is 1.34. The molecule has 4 rings (SSSR count). The third-order valence-corrected chi connectivity index (χ3v) is 7.44. The van der Waals surface area contributed by atoms with E-state index in [4.69, 9.17) is 14.2 Å². The number of nitrogens with zero attached hydrogens (tertiary/aromatic N) is 1. The molecule has 6 nitrogen and oxygen atoms in total. The molecule has 0 atom stereocenters. The zero-order valence-corrected chi connectivity index (χ0v) is 24.9. The lowest BCUT2D eigenvalue weighted by molar-refractivity contribution is -0.123. The summed E-state index contributed by atoms with van der Waals surface area (Å²) < 4.78 is 18.4. The highest BCUT2D eigenvalue weighted by Gasteiger charge is 2.35. The van der Waals surface area contributed by atoms with E-state index < -0.39 is 0 Å². The standard InChI is InChI=1S/C31H32BrNO5S/c1-21-6-5-7-26(18-21)36-15-14-33-29(34)28(39-30(33)35)19-22-8-11-24(32)20-27(22)38-17-16-37-25-12-9-23(10-13-25)31(2,3)4/h5-13,18-20H,14-17H2,1-4H3/b28-19-. The van der Waals surface area contributed by atoms with Crippen LogP contribution in [0.5, 0.6) is 17.2 Å². The molecule has 2 amide bonds. The first-order valence-electron chi connectivity index (χ1n) is 12.7. The zero-order valence-electron chi connectivity index (χ0n) is 22.5. The van der Waals surface area contributed by atoms with Crippen LogP contribution in [0.25, 0.3) is 6.08 Å². The van der Waals surface area contributed by atoms with Crippen LogP contribution in [0.2, 0.25) is 0 Å². The monoisotopic (exact) mass is 609 g/mol. The Kier molecular flexibility index (Phi) is 9.40. The molecule has 204 valence electrons. The normalized spacial score (nSPS) is 14.7. The lowest BCUT2D eigenvalue weighted by atomic mass is 9.87. The number of halogens is 1. The molecule has 0 radical (unpaired) electrons. The fourth-order valence-electron chi connectivity index (χ4n) is 3.91. The highest BCUT2D eigenvalue weighted by Crippen LogP contribution is 2.35. The van der Waals surface area contributed by atoms with Crippen LogP contribution in [0.4, 0.5) is 4.79 Å². The van der Waals surface area contributed by atoms with Crippen molar-refractivity contribution in [3.05, 3.63) is 92.8 Å². The number of benzene rings is 3. The third kappa shape index (κ3) is 7.90. The van der Waals surface area contributed by atoms with E-state index in [1.54, 1.807) is 6.08 Å². The number of aryl methyl sites for hydroxylation is 1. The molecular weight excluding hydrogens is 578 g/mol. The molecule has 1 aliphatic rings. The van der Waals surface area contributed by atoms with Gasteiger partial charge in [-0.05, 0) is 77.7 Å². The van der Waals surface area contributed by atoms with Crippen molar-refractivity contribution in [3.63, 3.8) is 0 Å². The van der Waals surface area contributed by atoms with Crippen LogP contribution in [0.3, 0.4) is 0 Å². The average Bonchev–Trinajstić information content (AvgIpc) is 3.15. The Hall–Kier alpha value is -3.23. The van der Waals surface area contributed by atoms with Crippen molar-refractivity contribution in [1.29, 1.82) is 0 Å². The first-order valence-corrected chi connectivity index (χ1v) is 14.3. The molecule has 0 saturated carbocycles. The third-order valence-electron chi connectivity index (χ3n) is 6.04. The minimum Gasteiger partial charge on any atom is -0.492 e. The van der Waals surface area contributed by atoms with E-state index in [9.17, 15) is 9.59 Å². The second-order valence-corrected chi connectivity index (χ2v) is 12.1. The number of amides is 2. The van der Waals surface area contributed by atoms with Gasteiger partial charge in [-0.1, -0.05) is 67.0 Å². The minimum atomic E-state index is -0.339. The Morgan fingerprint density at radius 3 is 2.31 bits per heavy atom. The molecule has 3 aromatic carbocycles. The second-order valence-electron chi connectivity index (χ2n) is 10.2. The highest BCUT2D eigenvalue weighted by molar-refractivity contribution is 9.10. The van der Waals surface area contributed by atoms with Gasteiger partial charge in [0, 0.05) is 10.0 Å². The Labute approximate surface area is 242 Å². The minimum absolute atomic E-state index is 0.0863. The smallest absolute Gasteiger partial charge is 0.293 e. The number of rotatable bonds is 10. The lowest BCUT2D eigenvalue weighted by Gasteiger charge is -2.19. The van der Waals surface area contributed by atoms with E-state index in [0.29, 0.717) is 35.2 Å². The topological polar surface area (TPSA) is 65.1 Å². The van der Waals surface area contributed by atoms with Crippen LogP contribution in [0.15, 0.2) is 76.1 Å². The first-order chi connectivity index (χ1) is 18.6. The summed E-state index contributed by atoms with van der Waals surface area (Å²) in [6, 6.07) is 21.3. The van der Waals surface area contributed by atoms with Crippen molar-refractivity contribution in [3.8, 4) is 17.2 Å². The van der Waals surface area contributed by atoms with E-state index in [2.05, 4.69) is 48.8 Å². The number of thioether (sulfide) groups is 1. The van der Waals surface area contributed by atoms with Crippen molar-refractivity contribution >= 4 is 44.9 Å². The maximum Gasteiger partial charge on any atom is 0.293 e. The summed E-state index contributed by atoms with van der Waals surface area (Å²) in [5, 5.41) is -0.315. The summed E-state index contributed by atoms with van der Waals surface area (Å²) in [5.41, 5.74) is 3.11. The predicted molar refractivity (Wildman–Crippen MR) is 160 cm³/mol. The van der Waals surface area contributed by atoms with Crippen molar-refractivity contribution in [2.24, 2.45) is 0 Å². The van der Waals surface area contributed by atoms with Crippen molar-refractivity contribution in [1.82, 2.24) is 4.90 Å². The average molecular weight is 611 g/mol. The Morgan fingerprint density at radius 2 is 1.59 bits per heavy atom. The van der Waals surface area contributed by atoms with Gasteiger partial charge in [0.1, 0.15) is 37.1 Å². The molecular formula is C31H32BrNO5S. The largest absolute Gasteiger partial charge is 0.492 e. The van der Waals surface area contributed by atoms with Gasteiger partial charge in [0.15, 0.2) is 0 Å².